The fourth-order valence-corrected chi connectivity index (χ4v) is 5.58. The van der Waals surface area contributed by atoms with Crippen molar-refractivity contribution in [3.8, 4) is 11.1 Å². The number of fused-ring (bicyclic) bond motifs is 5. The third-order valence-corrected chi connectivity index (χ3v) is 7.05. The molecule has 0 N–H and O–H groups in total. The number of alkyl halides is 3. The maximum atomic E-state index is 13.6. The molecule has 0 unspecified atom stereocenters. The fraction of sp³-hybridized carbons (Fsp3) is 0.0769. The van der Waals surface area contributed by atoms with Crippen molar-refractivity contribution in [2.75, 3.05) is 4.90 Å². The largest absolute Gasteiger partial charge is 0.416 e. The van der Waals surface area contributed by atoms with Crippen LogP contribution in [0, 0.1) is 0 Å². The minimum atomic E-state index is -4.39. The predicted molar refractivity (Wildman–Crippen MR) is 118 cm³/mol. The normalized spacial score (nSPS) is 14.0. The molecule has 0 radical (unpaired) electrons. The number of halogens is 3. The smallest absolute Gasteiger partial charge is 0.308 e. The van der Waals surface area contributed by atoms with E-state index >= 15 is 0 Å². The number of nitrogens with zero attached hydrogens (tertiary/aromatic N) is 1. The quantitative estimate of drug-likeness (QED) is 0.258. The van der Waals surface area contributed by atoms with Crippen LogP contribution in [-0.2, 0) is 12.6 Å². The van der Waals surface area contributed by atoms with Crippen LogP contribution in [0.3, 0.4) is 0 Å². The van der Waals surface area contributed by atoms with Crippen LogP contribution in [0.25, 0.3) is 11.1 Å². The van der Waals surface area contributed by atoms with E-state index in [1.54, 1.807) is 6.07 Å². The fourth-order valence-electron chi connectivity index (χ4n) is 4.54. The summed E-state index contributed by atoms with van der Waals surface area (Å²) in [5.41, 5.74) is 6.52. The molecule has 4 aromatic rings. The second kappa shape index (κ2) is 6.66. The molecule has 1 aliphatic heterocycles. The molecule has 4 aromatic carbocycles. The van der Waals surface area contributed by atoms with Crippen LogP contribution in [0.4, 0.5) is 30.2 Å². The Morgan fingerprint density at radius 1 is 0.677 bits per heavy atom. The molecule has 0 saturated heterocycles. The summed E-state index contributed by atoms with van der Waals surface area (Å²) >= 11 is 1.51. The van der Waals surface area contributed by atoms with E-state index in [-0.39, 0.29) is 0 Å². The van der Waals surface area contributed by atoms with Crippen molar-refractivity contribution >= 4 is 28.8 Å². The van der Waals surface area contributed by atoms with E-state index in [0.29, 0.717) is 5.69 Å². The van der Waals surface area contributed by atoms with Gasteiger partial charge in [-0.1, -0.05) is 60.3 Å². The summed E-state index contributed by atoms with van der Waals surface area (Å²) in [5, 5.41) is 0. The van der Waals surface area contributed by atoms with E-state index in [1.165, 1.54) is 35.0 Å². The van der Waals surface area contributed by atoms with Crippen molar-refractivity contribution in [2.45, 2.75) is 22.4 Å². The van der Waals surface area contributed by atoms with E-state index in [4.69, 9.17) is 0 Å². The maximum Gasteiger partial charge on any atom is 0.416 e. The van der Waals surface area contributed by atoms with Gasteiger partial charge in [-0.15, -0.1) is 0 Å². The van der Waals surface area contributed by atoms with Crippen molar-refractivity contribution in [3.63, 3.8) is 0 Å². The van der Waals surface area contributed by atoms with Gasteiger partial charge >= 0.3 is 6.18 Å². The van der Waals surface area contributed by atoms with Gasteiger partial charge in [-0.3, -0.25) is 0 Å². The van der Waals surface area contributed by atoms with Gasteiger partial charge in [0.1, 0.15) is 0 Å². The van der Waals surface area contributed by atoms with Gasteiger partial charge in [0.15, 0.2) is 0 Å². The third-order valence-electron chi connectivity index (χ3n) is 5.92. The molecule has 1 aliphatic carbocycles. The number of hydrogen-bond donors (Lipinski definition) is 0. The van der Waals surface area contributed by atoms with Gasteiger partial charge < -0.3 is 4.90 Å². The van der Waals surface area contributed by atoms with Gasteiger partial charge in [0.05, 0.1) is 22.6 Å². The average Bonchev–Trinajstić information content (AvgIpc) is 3.15. The van der Waals surface area contributed by atoms with Crippen LogP contribution < -0.4 is 4.90 Å². The van der Waals surface area contributed by atoms with E-state index < -0.39 is 11.7 Å². The molecule has 5 heteroatoms. The van der Waals surface area contributed by atoms with Crippen molar-refractivity contribution in [2.24, 2.45) is 0 Å². The number of hydrogen-bond acceptors (Lipinski definition) is 2. The summed E-state index contributed by atoms with van der Waals surface area (Å²) in [4.78, 5) is 3.85. The predicted octanol–water partition coefficient (Wildman–Crippen LogP) is 8.21. The van der Waals surface area contributed by atoms with Gasteiger partial charge in [-0.25, -0.2) is 0 Å². The molecule has 6 rings (SSSR count). The molecule has 0 fully saturated rings. The Balaban J connectivity index is 1.60. The highest BCUT2D eigenvalue weighted by molar-refractivity contribution is 7.99. The molecular weight excluding hydrogens is 415 g/mol. The Morgan fingerprint density at radius 3 is 2.26 bits per heavy atom. The van der Waals surface area contributed by atoms with Crippen molar-refractivity contribution in [1.82, 2.24) is 0 Å². The zero-order valence-electron chi connectivity index (χ0n) is 16.3. The molecule has 31 heavy (non-hydrogen) atoms. The zero-order chi connectivity index (χ0) is 21.2. The second-order valence-electron chi connectivity index (χ2n) is 7.72. The molecule has 1 nitrogen and oxygen atoms in total. The van der Waals surface area contributed by atoms with E-state index in [2.05, 4.69) is 18.2 Å². The standard InChI is InChI=1S/C26H16F3NS/c27-26(28,29)17-12-13-25-23(15-17)30(22-9-3-4-11-24(22)31-25)21-10-5-8-19-18-7-2-1-6-16(18)14-20(19)21/h1-13,15H,14H2. The summed E-state index contributed by atoms with van der Waals surface area (Å²) in [6.07, 6.45) is -3.63. The summed E-state index contributed by atoms with van der Waals surface area (Å²) in [7, 11) is 0. The summed E-state index contributed by atoms with van der Waals surface area (Å²) < 4.78 is 40.7. The Labute approximate surface area is 182 Å². The Bertz CT molecular complexity index is 1340. The molecule has 0 saturated carbocycles. The summed E-state index contributed by atoms with van der Waals surface area (Å²) in [6, 6.07) is 26.3. The van der Waals surface area contributed by atoms with Gasteiger partial charge in [0.2, 0.25) is 0 Å². The number of para-hydroxylation sites is 1. The number of anilines is 3. The van der Waals surface area contributed by atoms with Crippen LogP contribution in [0.15, 0.2) is 94.7 Å². The topological polar surface area (TPSA) is 3.24 Å². The lowest BCUT2D eigenvalue weighted by atomic mass is 10.0. The van der Waals surface area contributed by atoms with Crippen LogP contribution in [0.1, 0.15) is 16.7 Å². The lowest BCUT2D eigenvalue weighted by Crippen LogP contribution is -2.17. The molecule has 0 bridgehead atoms. The Kier molecular flexibility index (Phi) is 3.99. The third kappa shape index (κ3) is 2.87. The molecule has 0 amide bonds. The zero-order valence-corrected chi connectivity index (χ0v) is 17.1. The van der Waals surface area contributed by atoms with Crippen LogP contribution >= 0.6 is 11.8 Å². The first-order chi connectivity index (χ1) is 15.0. The first-order valence-electron chi connectivity index (χ1n) is 9.99. The SMILES string of the molecule is FC(F)(F)c1ccc2c(c1)N(c1cccc3c1Cc1ccccc1-3)c1ccccc1S2. The van der Waals surface area contributed by atoms with E-state index in [0.717, 1.165) is 38.7 Å². The maximum absolute atomic E-state index is 13.6. The average molecular weight is 431 g/mol. The molecule has 152 valence electrons. The van der Waals surface area contributed by atoms with Crippen molar-refractivity contribution < 1.29 is 13.2 Å². The van der Waals surface area contributed by atoms with Crippen LogP contribution in [0.5, 0.6) is 0 Å². The minimum Gasteiger partial charge on any atom is -0.308 e. The number of rotatable bonds is 1. The number of benzene rings is 4. The van der Waals surface area contributed by atoms with E-state index in [9.17, 15) is 13.2 Å². The lowest BCUT2D eigenvalue weighted by molar-refractivity contribution is -0.137. The summed E-state index contributed by atoms with van der Waals surface area (Å²) in [5.74, 6) is 0. The van der Waals surface area contributed by atoms with Crippen molar-refractivity contribution in [1.29, 1.82) is 0 Å². The Morgan fingerprint density at radius 2 is 1.39 bits per heavy atom. The van der Waals surface area contributed by atoms with Gasteiger partial charge in [-0.2, -0.15) is 13.2 Å². The first kappa shape index (κ1) is 18.6. The molecule has 2 aliphatic rings. The van der Waals surface area contributed by atoms with Crippen molar-refractivity contribution in [3.05, 3.63) is 102 Å². The molecule has 1 heterocycles. The molecule has 0 atom stereocenters. The van der Waals surface area contributed by atoms with Gasteiger partial charge in [0.25, 0.3) is 0 Å². The highest BCUT2D eigenvalue weighted by Crippen LogP contribution is 2.54. The molecule has 0 aromatic heterocycles. The molecule has 0 spiro atoms. The Hall–Kier alpha value is -3.18. The van der Waals surface area contributed by atoms with Crippen LogP contribution in [-0.4, -0.2) is 0 Å². The highest BCUT2D eigenvalue weighted by Gasteiger charge is 2.34. The van der Waals surface area contributed by atoms with Gasteiger partial charge in [0, 0.05) is 16.2 Å². The first-order valence-corrected chi connectivity index (χ1v) is 10.8. The monoisotopic (exact) mass is 431 g/mol. The van der Waals surface area contributed by atoms with Gasteiger partial charge in [-0.05, 0) is 58.7 Å². The van der Waals surface area contributed by atoms with E-state index in [1.807, 2.05) is 53.4 Å². The minimum absolute atomic E-state index is 0.572. The lowest BCUT2D eigenvalue weighted by Gasteiger charge is -2.34. The molecular formula is C26H16F3NS. The second-order valence-corrected chi connectivity index (χ2v) is 8.81. The highest BCUT2D eigenvalue weighted by atomic mass is 32.2. The summed E-state index contributed by atoms with van der Waals surface area (Å²) in [6.45, 7) is 0. The van der Waals surface area contributed by atoms with Crippen LogP contribution in [0.2, 0.25) is 0 Å².